The Morgan fingerprint density at radius 1 is 0.464 bits per heavy atom. The first-order valence-electron chi connectivity index (χ1n) is 13.0. The fraction of sp³-hybridized carbons (Fsp3) is 1.00. The zero-order valence-electron chi connectivity index (χ0n) is 20.6. The fourth-order valence-electron chi connectivity index (χ4n) is 4.30. The van der Waals surface area contributed by atoms with Crippen LogP contribution in [-0.4, -0.2) is 18.0 Å². The Morgan fingerprint density at radius 3 is 1.21 bits per heavy atom. The lowest BCUT2D eigenvalue weighted by Gasteiger charge is -2.27. The molecule has 0 aromatic heterocycles. The standard InChI is InChI=1S/C26H55P.H3P/c1-5-9-12-15-18-21-24-27(25-22-19-16-13-10-6-2)26(8-4)23-20-17-14-11-7-3;/h26H,5-25H2,1-4H3;1H3. The maximum atomic E-state index is 2.48. The van der Waals surface area contributed by atoms with Crippen LogP contribution in [-0.2, 0) is 0 Å². The molecule has 0 spiro atoms. The largest absolute Gasteiger partial charge is 0.153 e. The van der Waals surface area contributed by atoms with Gasteiger partial charge in [0, 0.05) is 0 Å². The minimum Gasteiger partial charge on any atom is -0.153 e. The quantitative estimate of drug-likeness (QED) is 0.118. The third-order valence-electron chi connectivity index (χ3n) is 6.23. The van der Waals surface area contributed by atoms with E-state index in [1.807, 2.05) is 0 Å². The molecule has 0 amide bonds. The highest BCUT2D eigenvalue weighted by molar-refractivity contribution is 7.58. The van der Waals surface area contributed by atoms with Crippen molar-refractivity contribution in [1.82, 2.24) is 0 Å². The lowest BCUT2D eigenvalue weighted by atomic mass is 10.1. The highest BCUT2D eigenvalue weighted by Gasteiger charge is 2.18. The summed E-state index contributed by atoms with van der Waals surface area (Å²) in [6.07, 6.45) is 31.1. The van der Waals surface area contributed by atoms with E-state index < -0.39 is 0 Å². The second kappa shape index (κ2) is 25.9. The normalized spacial score (nSPS) is 12.3. The van der Waals surface area contributed by atoms with Crippen LogP contribution in [0.4, 0.5) is 0 Å². The molecule has 2 atom stereocenters. The molecule has 0 saturated heterocycles. The Balaban J connectivity index is 0. The van der Waals surface area contributed by atoms with Crippen LogP contribution in [0.1, 0.15) is 150 Å². The third-order valence-corrected chi connectivity index (χ3v) is 9.66. The zero-order valence-corrected chi connectivity index (χ0v) is 22.9. The van der Waals surface area contributed by atoms with E-state index in [-0.39, 0.29) is 9.90 Å². The molecule has 2 heteroatoms. The van der Waals surface area contributed by atoms with Gasteiger partial charge in [0.1, 0.15) is 0 Å². The smallest absolute Gasteiger partial charge is 0.0212 e. The first-order valence-corrected chi connectivity index (χ1v) is 14.8. The van der Waals surface area contributed by atoms with Crippen molar-refractivity contribution in [3.05, 3.63) is 0 Å². The molecule has 0 aliphatic rings. The van der Waals surface area contributed by atoms with E-state index in [1.165, 1.54) is 122 Å². The van der Waals surface area contributed by atoms with Crippen molar-refractivity contribution in [3.63, 3.8) is 0 Å². The summed E-state index contributed by atoms with van der Waals surface area (Å²) in [7, 11) is 0.302. The molecule has 0 N–H and O–H groups in total. The van der Waals surface area contributed by atoms with Crippen LogP contribution >= 0.6 is 17.8 Å². The number of hydrogen-bond donors (Lipinski definition) is 0. The molecule has 0 saturated carbocycles. The second-order valence-electron chi connectivity index (χ2n) is 8.84. The molecule has 0 radical (unpaired) electrons. The van der Waals surface area contributed by atoms with Crippen molar-refractivity contribution in [2.24, 2.45) is 0 Å². The Kier molecular flexibility index (Phi) is 28.7. The first kappa shape index (κ1) is 31.0. The maximum Gasteiger partial charge on any atom is -0.0212 e. The molecule has 0 rings (SSSR count). The van der Waals surface area contributed by atoms with Gasteiger partial charge in [-0.1, -0.05) is 124 Å². The Morgan fingerprint density at radius 2 is 0.821 bits per heavy atom. The van der Waals surface area contributed by atoms with E-state index in [4.69, 9.17) is 0 Å². The number of unbranched alkanes of at least 4 members (excludes halogenated alkanes) is 14. The van der Waals surface area contributed by atoms with Crippen molar-refractivity contribution in [3.8, 4) is 0 Å². The van der Waals surface area contributed by atoms with Crippen LogP contribution in [0, 0.1) is 0 Å². The Labute approximate surface area is 185 Å². The molecule has 0 aliphatic heterocycles. The number of rotatable bonds is 22. The Hall–Kier alpha value is 0.860. The van der Waals surface area contributed by atoms with Gasteiger partial charge >= 0.3 is 0 Å². The average Bonchev–Trinajstić information content (AvgIpc) is 2.68. The Bertz CT molecular complexity index is 251. The molecule has 0 aliphatic carbocycles. The van der Waals surface area contributed by atoms with Gasteiger partial charge in [-0.3, -0.25) is 0 Å². The summed E-state index contributed by atoms with van der Waals surface area (Å²) >= 11 is 0. The molecule has 2 unspecified atom stereocenters. The monoisotopic (exact) mass is 432 g/mol. The predicted octanol–water partition coefficient (Wildman–Crippen LogP) is 10.4. The predicted molar refractivity (Wildman–Crippen MR) is 142 cm³/mol. The summed E-state index contributed by atoms with van der Waals surface area (Å²) in [5, 5.41) is 0. The van der Waals surface area contributed by atoms with Gasteiger partial charge in [-0.15, -0.1) is 7.92 Å². The average molecular weight is 433 g/mol. The minimum atomic E-state index is 0. The van der Waals surface area contributed by atoms with Crippen LogP contribution in [0.2, 0.25) is 0 Å². The van der Waals surface area contributed by atoms with Crippen LogP contribution in [0.15, 0.2) is 0 Å². The van der Waals surface area contributed by atoms with Gasteiger partial charge in [0.15, 0.2) is 0 Å². The molecular formula is C26H58P2. The van der Waals surface area contributed by atoms with Crippen molar-refractivity contribution < 1.29 is 0 Å². The third kappa shape index (κ3) is 20.1. The molecular weight excluding hydrogens is 374 g/mol. The molecule has 0 fully saturated rings. The van der Waals surface area contributed by atoms with Gasteiger partial charge < -0.3 is 0 Å². The van der Waals surface area contributed by atoms with Crippen molar-refractivity contribution in [2.45, 2.75) is 155 Å². The van der Waals surface area contributed by atoms with Gasteiger partial charge in [-0.25, -0.2) is 0 Å². The van der Waals surface area contributed by atoms with E-state index >= 15 is 0 Å². The van der Waals surface area contributed by atoms with E-state index in [1.54, 1.807) is 12.3 Å². The van der Waals surface area contributed by atoms with E-state index in [0.717, 1.165) is 5.66 Å². The molecule has 0 nitrogen and oxygen atoms in total. The zero-order chi connectivity index (χ0) is 20.0. The van der Waals surface area contributed by atoms with Crippen LogP contribution < -0.4 is 0 Å². The lowest BCUT2D eigenvalue weighted by molar-refractivity contribution is 0.584. The maximum absolute atomic E-state index is 2.48. The molecule has 0 bridgehead atoms. The van der Waals surface area contributed by atoms with Gasteiger partial charge in [-0.2, -0.15) is 9.90 Å². The summed E-state index contributed by atoms with van der Waals surface area (Å²) in [5.41, 5.74) is 1.08. The van der Waals surface area contributed by atoms with Crippen LogP contribution in [0.25, 0.3) is 0 Å². The SMILES string of the molecule is CCCCCCCCP(CCCCCCCC)C(CC)CCCCCCC.P. The van der Waals surface area contributed by atoms with Crippen molar-refractivity contribution in [1.29, 1.82) is 0 Å². The fourth-order valence-corrected chi connectivity index (χ4v) is 7.57. The summed E-state index contributed by atoms with van der Waals surface area (Å²) < 4.78 is 0. The first-order chi connectivity index (χ1) is 13.3. The summed E-state index contributed by atoms with van der Waals surface area (Å²) in [4.78, 5) is 0. The molecule has 0 heterocycles. The van der Waals surface area contributed by atoms with Gasteiger partial charge in [-0.05, 0) is 43.7 Å². The second-order valence-corrected chi connectivity index (χ2v) is 11.6. The van der Waals surface area contributed by atoms with Gasteiger partial charge in [0.2, 0.25) is 0 Å². The summed E-state index contributed by atoms with van der Waals surface area (Å²) in [6, 6.07) is 0. The van der Waals surface area contributed by atoms with Crippen LogP contribution in [0.5, 0.6) is 0 Å². The van der Waals surface area contributed by atoms with Gasteiger partial charge in [0.05, 0.1) is 0 Å². The lowest BCUT2D eigenvalue weighted by Crippen LogP contribution is -2.09. The van der Waals surface area contributed by atoms with Crippen LogP contribution in [0.3, 0.4) is 0 Å². The van der Waals surface area contributed by atoms with E-state index in [0.29, 0.717) is 7.92 Å². The van der Waals surface area contributed by atoms with Gasteiger partial charge in [0.25, 0.3) is 0 Å². The topological polar surface area (TPSA) is 0 Å². The molecule has 0 aromatic rings. The van der Waals surface area contributed by atoms with Crippen molar-refractivity contribution in [2.75, 3.05) is 12.3 Å². The highest BCUT2D eigenvalue weighted by Crippen LogP contribution is 2.47. The molecule has 0 aromatic carbocycles. The molecule has 28 heavy (non-hydrogen) atoms. The summed E-state index contributed by atoms with van der Waals surface area (Å²) in [5.74, 6) is 0. The van der Waals surface area contributed by atoms with E-state index in [9.17, 15) is 0 Å². The van der Waals surface area contributed by atoms with E-state index in [2.05, 4.69) is 27.7 Å². The minimum absolute atomic E-state index is 0. The molecule has 172 valence electrons. The highest BCUT2D eigenvalue weighted by atomic mass is 31.1. The van der Waals surface area contributed by atoms with Crippen molar-refractivity contribution >= 4 is 17.8 Å². The summed E-state index contributed by atoms with van der Waals surface area (Å²) in [6.45, 7) is 9.46. The number of hydrogen-bond acceptors (Lipinski definition) is 0.